The minimum atomic E-state index is -0.179. The van der Waals surface area contributed by atoms with Crippen molar-refractivity contribution in [3.8, 4) is 11.8 Å². The van der Waals surface area contributed by atoms with Crippen LogP contribution in [0.5, 0.6) is 0 Å². The van der Waals surface area contributed by atoms with Gasteiger partial charge in [-0.25, -0.2) is 0 Å². The highest BCUT2D eigenvalue weighted by atomic mass is 32.1. The van der Waals surface area contributed by atoms with E-state index in [0.29, 0.717) is 11.4 Å². The first kappa shape index (κ1) is 15.2. The molecular weight excluding hydrogens is 288 g/mol. The summed E-state index contributed by atoms with van der Waals surface area (Å²) in [6.07, 6.45) is 4.20. The largest absolute Gasteiger partial charge is 0.384 e. The smallest absolute Gasteiger partial charge is 0.261 e. The second-order valence-corrected chi connectivity index (χ2v) is 5.41. The summed E-state index contributed by atoms with van der Waals surface area (Å²) in [6, 6.07) is 1.82. The third kappa shape index (κ3) is 4.41. The number of hydrogen-bond donors (Lipinski definition) is 2. The Labute approximate surface area is 126 Å². The topological polar surface area (TPSA) is 80.0 Å². The molecule has 0 aliphatic carbocycles. The zero-order chi connectivity index (χ0) is 15.1. The number of aromatic nitrogens is 3. The Kier molecular flexibility index (Phi) is 5.49. The predicted molar refractivity (Wildman–Crippen MR) is 80.0 cm³/mol. The van der Waals surface area contributed by atoms with Gasteiger partial charge in [0.1, 0.15) is 6.61 Å². The molecule has 0 saturated heterocycles. The molecule has 2 N–H and O–H groups in total. The highest BCUT2D eigenvalue weighted by Crippen LogP contribution is 2.20. The lowest BCUT2D eigenvalue weighted by atomic mass is 10.2. The number of aryl methyl sites for hydroxylation is 2. The summed E-state index contributed by atoms with van der Waals surface area (Å²) in [5.41, 5.74) is 0.953. The van der Waals surface area contributed by atoms with Gasteiger partial charge in [-0.05, 0) is 25.0 Å². The van der Waals surface area contributed by atoms with E-state index in [0.717, 1.165) is 23.4 Å². The average molecular weight is 304 g/mol. The van der Waals surface area contributed by atoms with Crippen molar-refractivity contribution in [2.24, 2.45) is 0 Å². The standard InChI is InChI=1S/C14H16N4O2S/c1-11-10-13(21-12(11)4-2-9-19)14(20)15-5-3-7-18-8-6-16-17-18/h6,8,10,19H,3,5,7,9H2,1H3,(H,15,20). The van der Waals surface area contributed by atoms with Crippen LogP contribution in [-0.2, 0) is 6.54 Å². The maximum absolute atomic E-state index is 12.0. The fourth-order valence-corrected chi connectivity index (χ4v) is 2.68. The number of nitrogens with one attached hydrogen (secondary N) is 1. The fourth-order valence-electron chi connectivity index (χ4n) is 1.72. The quantitative estimate of drug-likeness (QED) is 0.633. The Balaban J connectivity index is 1.83. The second kappa shape index (κ2) is 7.57. The van der Waals surface area contributed by atoms with Gasteiger partial charge in [0.05, 0.1) is 16.0 Å². The summed E-state index contributed by atoms with van der Waals surface area (Å²) < 4.78 is 1.73. The molecule has 110 valence electrons. The first-order chi connectivity index (χ1) is 10.2. The van der Waals surface area contributed by atoms with E-state index in [4.69, 9.17) is 5.11 Å². The first-order valence-electron chi connectivity index (χ1n) is 6.53. The summed E-state index contributed by atoms with van der Waals surface area (Å²) in [4.78, 5) is 13.5. The van der Waals surface area contributed by atoms with Crippen LogP contribution in [0.15, 0.2) is 18.5 Å². The summed E-state index contributed by atoms with van der Waals surface area (Å²) >= 11 is 1.34. The molecule has 0 radical (unpaired) electrons. The molecule has 0 unspecified atom stereocenters. The Morgan fingerprint density at radius 1 is 1.57 bits per heavy atom. The van der Waals surface area contributed by atoms with Crippen molar-refractivity contribution >= 4 is 17.2 Å². The lowest BCUT2D eigenvalue weighted by molar-refractivity contribution is 0.0956. The maximum atomic E-state index is 12.0. The third-order valence-electron chi connectivity index (χ3n) is 2.74. The monoisotopic (exact) mass is 304 g/mol. The van der Waals surface area contributed by atoms with Gasteiger partial charge in [0, 0.05) is 19.3 Å². The Hall–Kier alpha value is -2.17. The Morgan fingerprint density at radius 2 is 2.43 bits per heavy atom. The van der Waals surface area contributed by atoms with Gasteiger partial charge in [0.15, 0.2) is 0 Å². The third-order valence-corrected chi connectivity index (χ3v) is 3.90. The van der Waals surface area contributed by atoms with Crippen LogP contribution >= 0.6 is 11.3 Å². The number of hydrogen-bond acceptors (Lipinski definition) is 5. The number of carbonyl (C=O) groups is 1. The van der Waals surface area contributed by atoms with E-state index < -0.39 is 0 Å². The van der Waals surface area contributed by atoms with Crippen molar-refractivity contribution in [2.75, 3.05) is 13.2 Å². The zero-order valence-corrected chi connectivity index (χ0v) is 12.5. The molecule has 0 atom stereocenters. The van der Waals surface area contributed by atoms with Crippen molar-refractivity contribution in [1.29, 1.82) is 0 Å². The normalized spacial score (nSPS) is 10.0. The van der Waals surface area contributed by atoms with Gasteiger partial charge >= 0.3 is 0 Å². The maximum Gasteiger partial charge on any atom is 0.261 e. The molecule has 2 aromatic heterocycles. The van der Waals surface area contributed by atoms with E-state index in [2.05, 4.69) is 27.5 Å². The van der Waals surface area contributed by atoms with E-state index >= 15 is 0 Å². The van der Waals surface area contributed by atoms with E-state index in [1.54, 1.807) is 17.1 Å². The SMILES string of the molecule is Cc1cc(C(=O)NCCCn2ccnn2)sc1C#CCO. The molecule has 0 saturated carbocycles. The van der Waals surface area contributed by atoms with Crippen molar-refractivity contribution in [2.45, 2.75) is 19.9 Å². The molecular formula is C14H16N4O2S. The Bertz CT molecular complexity index is 652. The molecule has 1 amide bonds. The Morgan fingerprint density at radius 3 is 3.14 bits per heavy atom. The van der Waals surface area contributed by atoms with Crippen LogP contribution in [0.1, 0.15) is 26.5 Å². The molecule has 0 fully saturated rings. The highest BCUT2D eigenvalue weighted by molar-refractivity contribution is 7.14. The number of amides is 1. The molecule has 21 heavy (non-hydrogen) atoms. The zero-order valence-electron chi connectivity index (χ0n) is 11.7. The van der Waals surface area contributed by atoms with Crippen LogP contribution in [0.25, 0.3) is 0 Å². The van der Waals surface area contributed by atoms with Gasteiger partial charge in [-0.1, -0.05) is 17.1 Å². The van der Waals surface area contributed by atoms with E-state index in [9.17, 15) is 4.79 Å². The van der Waals surface area contributed by atoms with Crippen LogP contribution < -0.4 is 5.32 Å². The van der Waals surface area contributed by atoms with Crippen LogP contribution in [-0.4, -0.2) is 39.2 Å². The molecule has 2 heterocycles. The number of nitrogens with zero attached hydrogens (tertiary/aromatic N) is 3. The molecule has 7 heteroatoms. The molecule has 0 aromatic carbocycles. The van der Waals surface area contributed by atoms with E-state index in [1.165, 1.54) is 11.3 Å². The average Bonchev–Trinajstić information content (AvgIpc) is 3.11. The summed E-state index contributed by atoms with van der Waals surface area (Å²) in [7, 11) is 0. The molecule has 0 spiro atoms. The molecule has 0 bridgehead atoms. The number of aliphatic hydroxyl groups is 1. The summed E-state index contributed by atoms with van der Waals surface area (Å²) in [6.45, 7) is 3.02. The highest BCUT2D eigenvalue weighted by Gasteiger charge is 2.10. The van der Waals surface area contributed by atoms with Gasteiger partial charge in [0.25, 0.3) is 5.91 Å². The molecule has 2 aromatic rings. The lowest BCUT2D eigenvalue weighted by Gasteiger charge is -2.03. The minimum absolute atomic E-state index is 0.0984. The van der Waals surface area contributed by atoms with Crippen molar-refractivity contribution in [3.05, 3.63) is 33.8 Å². The summed E-state index contributed by atoms with van der Waals surface area (Å²) in [5.74, 6) is 5.34. The van der Waals surface area contributed by atoms with Gasteiger partial charge < -0.3 is 10.4 Å². The van der Waals surface area contributed by atoms with E-state index in [1.807, 2.05) is 13.0 Å². The molecule has 2 rings (SSSR count). The van der Waals surface area contributed by atoms with Crippen LogP contribution in [0.2, 0.25) is 0 Å². The first-order valence-corrected chi connectivity index (χ1v) is 7.35. The lowest BCUT2D eigenvalue weighted by Crippen LogP contribution is -2.24. The number of rotatable bonds is 5. The van der Waals surface area contributed by atoms with Crippen molar-refractivity contribution in [3.63, 3.8) is 0 Å². The van der Waals surface area contributed by atoms with Crippen molar-refractivity contribution in [1.82, 2.24) is 20.3 Å². The minimum Gasteiger partial charge on any atom is -0.384 e. The predicted octanol–water partition coefficient (Wildman–Crippen LogP) is 0.812. The van der Waals surface area contributed by atoms with Gasteiger partial charge in [0.2, 0.25) is 0 Å². The van der Waals surface area contributed by atoms with Gasteiger partial charge in [-0.15, -0.1) is 16.4 Å². The van der Waals surface area contributed by atoms with E-state index in [-0.39, 0.29) is 12.5 Å². The van der Waals surface area contributed by atoms with Crippen LogP contribution in [0, 0.1) is 18.8 Å². The molecule has 0 aliphatic rings. The number of aliphatic hydroxyl groups excluding tert-OH is 1. The van der Waals surface area contributed by atoms with Crippen LogP contribution in [0.4, 0.5) is 0 Å². The number of carbonyl (C=O) groups excluding carboxylic acids is 1. The molecule has 6 nitrogen and oxygen atoms in total. The van der Waals surface area contributed by atoms with Gasteiger partial charge in [-0.3, -0.25) is 9.48 Å². The van der Waals surface area contributed by atoms with Gasteiger partial charge in [-0.2, -0.15) is 0 Å². The second-order valence-electron chi connectivity index (χ2n) is 4.36. The molecule has 0 aliphatic heterocycles. The number of thiophene rings is 1. The van der Waals surface area contributed by atoms with Crippen molar-refractivity contribution < 1.29 is 9.90 Å². The van der Waals surface area contributed by atoms with Crippen LogP contribution in [0.3, 0.4) is 0 Å². The summed E-state index contributed by atoms with van der Waals surface area (Å²) in [5, 5.41) is 19.1. The fraction of sp³-hybridized carbons (Fsp3) is 0.357.